The summed E-state index contributed by atoms with van der Waals surface area (Å²) < 4.78 is 5.35. The lowest BCUT2D eigenvalue weighted by Gasteiger charge is -2.60. The zero-order chi connectivity index (χ0) is 19.8. The summed E-state index contributed by atoms with van der Waals surface area (Å²) in [5.74, 6) is 0.432. The van der Waals surface area contributed by atoms with Crippen LogP contribution in [0, 0.1) is 5.41 Å². The normalized spacial score (nSPS) is 38.7. The maximum Gasteiger partial charge on any atom is 0.224 e. The van der Waals surface area contributed by atoms with Gasteiger partial charge in [0.05, 0.1) is 18.9 Å². The molecule has 1 amide bonds. The SMILES string of the molecule is CCC12CCC3N(C(C)=O)c4c(ccc(OC)c4O)C34CCN(CCC1O)C24. The molecule has 4 aliphatic rings. The molecule has 152 valence electrons. The van der Waals surface area contributed by atoms with E-state index in [0.29, 0.717) is 11.4 Å². The number of aliphatic hydroxyl groups excluding tert-OH is 1. The third kappa shape index (κ3) is 1.88. The van der Waals surface area contributed by atoms with E-state index in [1.54, 1.807) is 6.92 Å². The minimum Gasteiger partial charge on any atom is -0.503 e. The molecule has 1 aromatic carbocycles. The summed E-state index contributed by atoms with van der Waals surface area (Å²) in [6.07, 6.45) is 4.17. The predicted molar refractivity (Wildman–Crippen MR) is 106 cm³/mol. The second kappa shape index (κ2) is 5.86. The second-order valence-corrected chi connectivity index (χ2v) is 9.08. The van der Waals surface area contributed by atoms with Gasteiger partial charge in [-0.3, -0.25) is 9.69 Å². The van der Waals surface area contributed by atoms with Gasteiger partial charge in [-0.2, -0.15) is 0 Å². The number of aromatic hydroxyl groups is 1. The van der Waals surface area contributed by atoms with Crippen LogP contribution in [0.15, 0.2) is 12.1 Å². The fourth-order valence-corrected chi connectivity index (χ4v) is 7.42. The number of phenols is 1. The average Bonchev–Trinajstić information content (AvgIpc) is 3.22. The van der Waals surface area contributed by atoms with Gasteiger partial charge in [0.25, 0.3) is 0 Å². The van der Waals surface area contributed by atoms with Gasteiger partial charge in [-0.05, 0) is 50.3 Å². The number of benzene rings is 1. The van der Waals surface area contributed by atoms with Gasteiger partial charge in [0, 0.05) is 36.4 Å². The summed E-state index contributed by atoms with van der Waals surface area (Å²) in [4.78, 5) is 17.2. The lowest BCUT2D eigenvalue weighted by molar-refractivity contribution is -0.125. The maximum absolute atomic E-state index is 12.8. The number of phenolic OH excluding ortho intramolecular Hbond substituents is 1. The van der Waals surface area contributed by atoms with Gasteiger partial charge in [0.2, 0.25) is 5.91 Å². The van der Waals surface area contributed by atoms with Gasteiger partial charge in [0.1, 0.15) is 0 Å². The van der Waals surface area contributed by atoms with Crippen LogP contribution in [0.4, 0.5) is 5.69 Å². The number of ether oxygens (including phenoxy) is 1. The third-order valence-corrected chi connectivity index (χ3v) is 8.43. The molecule has 6 nitrogen and oxygen atoms in total. The molecule has 5 unspecified atom stereocenters. The fourth-order valence-electron chi connectivity index (χ4n) is 7.42. The summed E-state index contributed by atoms with van der Waals surface area (Å²) in [5.41, 5.74) is 1.31. The molecule has 2 saturated heterocycles. The Morgan fingerprint density at radius 1 is 1.29 bits per heavy atom. The van der Waals surface area contributed by atoms with Gasteiger partial charge in [-0.15, -0.1) is 0 Å². The number of hydrogen-bond acceptors (Lipinski definition) is 5. The number of carbonyl (C=O) groups is 1. The molecule has 1 saturated carbocycles. The average molecular weight is 386 g/mol. The summed E-state index contributed by atoms with van der Waals surface area (Å²) in [6.45, 7) is 5.67. The molecule has 5 rings (SSSR count). The highest BCUT2D eigenvalue weighted by atomic mass is 16.5. The monoisotopic (exact) mass is 386 g/mol. The topological polar surface area (TPSA) is 73.2 Å². The summed E-state index contributed by atoms with van der Waals surface area (Å²) in [7, 11) is 1.54. The summed E-state index contributed by atoms with van der Waals surface area (Å²) in [5, 5.41) is 22.1. The van der Waals surface area contributed by atoms with Crippen LogP contribution < -0.4 is 9.64 Å². The van der Waals surface area contributed by atoms with Crippen LogP contribution in [0.3, 0.4) is 0 Å². The zero-order valence-electron chi connectivity index (χ0n) is 16.9. The van der Waals surface area contributed by atoms with E-state index in [-0.39, 0.29) is 40.7 Å². The van der Waals surface area contributed by atoms with Crippen LogP contribution in [0.2, 0.25) is 0 Å². The zero-order valence-corrected chi connectivity index (χ0v) is 16.9. The Balaban J connectivity index is 1.78. The van der Waals surface area contributed by atoms with E-state index in [1.165, 1.54) is 7.11 Å². The number of rotatable bonds is 2. The molecule has 5 atom stereocenters. The molecule has 0 radical (unpaired) electrons. The summed E-state index contributed by atoms with van der Waals surface area (Å²) >= 11 is 0. The van der Waals surface area contributed by atoms with Crippen LogP contribution in [0.25, 0.3) is 0 Å². The Labute approximate surface area is 166 Å². The molecule has 3 heterocycles. The molecule has 28 heavy (non-hydrogen) atoms. The van der Waals surface area contributed by atoms with Crippen LogP contribution in [-0.4, -0.2) is 59.4 Å². The first-order valence-corrected chi connectivity index (χ1v) is 10.5. The Morgan fingerprint density at radius 2 is 2.07 bits per heavy atom. The van der Waals surface area contributed by atoms with Crippen molar-refractivity contribution in [3.8, 4) is 11.5 Å². The predicted octanol–water partition coefficient (Wildman–Crippen LogP) is 2.40. The van der Waals surface area contributed by atoms with Gasteiger partial charge < -0.3 is 19.8 Å². The van der Waals surface area contributed by atoms with E-state index in [2.05, 4.69) is 17.9 Å². The van der Waals surface area contributed by atoms with E-state index in [9.17, 15) is 15.0 Å². The molecule has 1 aromatic rings. The standard InChI is InChI=1S/C22H30N2O4/c1-4-21-9-7-16-22(10-12-23(20(21)22)11-8-17(21)26)14-5-6-15(28-3)19(27)18(14)24(16)13(2)25/h5-6,16-17,20,26-27H,4,7-12H2,1-3H3. The van der Waals surface area contributed by atoms with Gasteiger partial charge in [0.15, 0.2) is 11.5 Å². The van der Waals surface area contributed by atoms with Crippen molar-refractivity contribution < 1.29 is 19.7 Å². The quantitative estimate of drug-likeness (QED) is 0.817. The molecule has 3 aliphatic heterocycles. The molecule has 0 aromatic heterocycles. The van der Waals surface area contributed by atoms with Crippen molar-refractivity contribution in [2.45, 2.75) is 69.6 Å². The lowest BCUT2D eigenvalue weighted by Crippen LogP contribution is -2.68. The highest BCUT2D eigenvalue weighted by Crippen LogP contribution is 2.67. The number of aliphatic hydroxyl groups is 1. The number of carbonyl (C=O) groups excluding carboxylic acids is 1. The van der Waals surface area contributed by atoms with Crippen LogP contribution >= 0.6 is 0 Å². The minimum absolute atomic E-state index is 0.0259. The molecule has 1 spiro atoms. The number of anilines is 1. The number of piperidine rings is 1. The Kier molecular flexibility index (Phi) is 3.82. The van der Waals surface area contributed by atoms with Crippen molar-refractivity contribution in [1.29, 1.82) is 0 Å². The highest BCUT2D eigenvalue weighted by Gasteiger charge is 2.70. The number of methoxy groups -OCH3 is 1. The van der Waals surface area contributed by atoms with Gasteiger partial charge >= 0.3 is 0 Å². The van der Waals surface area contributed by atoms with Crippen molar-refractivity contribution in [1.82, 2.24) is 4.90 Å². The number of amides is 1. The van der Waals surface area contributed by atoms with Gasteiger partial charge in [-0.1, -0.05) is 13.0 Å². The van der Waals surface area contributed by atoms with E-state index < -0.39 is 0 Å². The van der Waals surface area contributed by atoms with Crippen molar-refractivity contribution in [3.05, 3.63) is 17.7 Å². The Hall–Kier alpha value is -1.79. The first kappa shape index (κ1) is 18.3. The maximum atomic E-state index is 12.8. The number of hydrogen-bond donors (Lipinski definition) is 2. The smallest absolute Gasteiger partial charge is 0.224 e. The van der Waals surface area contributed by atoms with Crippen molar-refractivity contribution in [3.63, 3.8) is 0 Å². The first-order valence-electron chi connectivity index (χ1n) is 10.5. The largest absolute Gasteiger partial charge is 0.503 e. The molecular weight excluding hydrogens is 356 g/mol. The molecule has 2 N–H and O–H groups in total. The molecule has 3 fully saturated rings. The fraction of sp³-hybridized carbons (Fsp3) is 0.682. The molecular formula is C22H30N2O4. The van der Waals surface area contributed by atoms with E-state index in [0.717, 1.165) is 50.8 Å². The van der Waals surface area contributed by atoms with Crippen molar-refractivity contribution in [2.24, 2.45) is 5.41 Å². The molecule has 1 aliphatic carbocycles. The third-order valence-electron chi connectivity index (χ3n) is 8.43. The van der Waals surface area contributed by atoms with Gasteiger partial charge in [-0.25, -0.2) is 0 Å². The number of nitrogens with zero attached hydrogens (tertiary/aromatic N) is 2. The first-order chi connectivity index (χ1) is 13.4. The molecule has 0 bridgehead atoms. The van der Waals surface area contributed by atoms with Crippen LogP contribution in [-0.2, 0) is 10.2 Å². The second-order valence-electron chi connectivity index (χ2n) is 9.08. The van der Waals surface area contributed by atoms with Crippen molar-refractivity contribution in [2.75, 3.05) is 25.1 Å². The lowest BCUT2D eigenvalue weighted by atomic mass is 9.51. The Bertz CT molecular complexity index is 842. The minimum atomic E-state index is -0.309. The van der Waals surface area contributed by atoms with E-state index in [4.69, 9.17) is 4.74 Å². The van der Waals surface area contributed by atoms with Crippen molar-refractivity contribution >= 4 is 11.6 Å². The van der Waals surface area contributed by atoms with E-state index >= 15 is 0 Å². The van der Waals surface area contributed by atoms with Crippen LogP contribution in [0.1, 0.15) is 51.5 Å². The summed E-state index contributed by atoms with van der Waals surface area (Å²) in [6, 6.07) is 4.11. The Morgan fingerprint density at radius 3 is 2.75 bits per heavy atom. The number of fused-ring (bicyclic) bond motifs is 1. The van der Waals surface area contributed by atoms with E-state index in [1.807, 2.05) is 11.0 Å². The van der Waals surface area contributed by atoms with Crippen LogP contribution in [0.5, 0.6) is 11.5 Å². The highest BCUT2D eigenvalue weighted by molar-refractivity contribution is 5.98. The molecule has 6 heteroatoms.